The predicted octanol–water partition coefficient (Wildman–Crippen LogP) is 2.41. The number of nitrogens with zero attached hydrogens (tertiary/aromatic N) is 3. The standard InChI is InChI=1S/C21H26FN7O2/c1-12-13(2)27-17-14(19(24)30)8-15(22)18(16(12)17)28-6-3-4-21(9-28)5-7-29(21)20(31)26-11-25-10-23/h8,10-11,27H,3-7,9H2,1-2H3,(H2,24,30)(H2,23,25,26,31). The van der Waals surface area contributed by atoms with E-state index in [1.807, 2.05) is 18.7 Å². The van der Waals surface area contributed by atoms with Gasteiger partial charge in [-0.3, -0.25) is 15.5 Å². The maximum Gasteiger partial charge on any atom is 0.323 e. The second kappa shape index (κ2) is 7.68. The summed E-state index contributed by atoms with van der Waals surface area (Å²) in [4.78, 5) is 35.0. The van der Waals surface area contributed by atoms with Crippen molar-refractivity contribution in [1.82, 2.24) is 15.2 Å². The third-order valence-corrected chi connectivity index (χ3v) is 6.60. The lowest BCUT2D eigenvalue weighted by Crippen LogP contribution is -2.70. The van der Waals surface area contributed by atoms with Crippen LogP contribution in [0.2, 0.25) is 0 Å². The molecule has 3 heterocycles. The molecule has 2 aromatic rings. The first-order valence-corrected chi connectivity index (χ1v) is 10.2. The highest BCUT2D eigenvalue weighted by Crippen LogP contribution is 2.43. The van der Waals surface area contributed by atoms with Crippen LogP contribution < -0.4 is 16.0 Å². The summed E-state index contributed by atoms with van der Waals surface area (Å²) in [6, 6.07) is 0.928. The number of nitrogens with one attached hydrogen (secondary N) is 3. The van der Waals surface area contributed by atoms with E-state index in [1.54, 1.807) is 4.90 Å². The minimum atomic E-state index is -0.680. The van der Waals surface area contributed by atoms with Crippen molar-refractivity contribution < 1.29 is 14.0 Å². The molecule has 9 nitrogen and oxygen atoms in total. The van der Waals surface area contributed by atoms with Crippen LogP contribution >= 0.6 is 0 Å². The number of hydrogen-bond acceptors (Lipinski definition) is 4. The molecule has 2 saturated heterocycles. The van der Waals surface area contributed by atoms with Crippen molar-refractivity contribution >= 4 is 41.2 Å². The van der Waals surface area contributed by atoms with E-state index in [0.717, 1.165) is 36.9 Å². The molecule has 1 atom stereocenters. The Morgan fingerprint density at radius 2 is 2.13 bits per heavy atom. The fourth-order valence-corrected chi connectivity index (χ4v) is 4.90. The van der Waals surface area contributed by atoms with Crippen LogP contribution in [0, 0.1) is 25.1 Å². The van der Waals surface area contributed by atoms with Crippen LogP contribution in [0.3, 0.4) is 0 Å². The van der Waals surface area contributed by atoms with Crippen molar-refractivity contribution in [2.75, 3.05) is 24.5 Å². The molecule has 1 spiro atoms. The molecule has 1 aromatic heterocycles. The number of primary amides is 1. The van der Waals surface area contributed by atoms with E-state index in [-0.39, 0.29) is 17.1 Å². The first-order valence-electron chi connectivity index (χ1n) is 10.2. The lowest BCUT2D eigenvalue weighted by Gasteiger charge is -2.57. The molecule has 4 rings (SSSR count). The van der Waals surface area contributed by atoms with Crippen LogP contribution in [0.25, 0.3) is 10.9 Å². The van der Waals surface area contributed by atoms with E-state index in [4.69, 9.17) is 11.1 Å². The van der Waals surface area contributed by atoms with Gasteiger partial charge in [0, 0.05) is 30.7 Å². The molecular weight excluding hydrogens is 401 g/mol. The summed E-state index contributed by atoms with van der Waals surface area (Å²) in [6.07, 6.45) is 4.50. The fourth-order valence-electron chi connectivity index (χ4n) is 4.90. The maximum atomic E-state index is 15.4. The van der Waals surface area contributed by atoms with E-state index in [9.17, 15) is 9.59 Å². The van der Waals surface area contributed by atoms with Gasteiger partial charge in [-0.25, -0.2) is 14.2 Å². The summed E-state index contributed by atoms with van der Waals surface area (Å²) in [5, 5.41) is 10.2. The molecule has 2 aliphatic heterocycles. The van der Waals surface area contributed by atoms with Gasteiger partial charge in [0.25, 0.3) is 5.91 Å². The van der Waals surface area contributed by atoms with Gasteiger partial charge < -0.3 is 20.5 Å². The van der Waals surface area contributed by atoms with Crippen molar-refractivity contribution in [3.63, 3.8) is 0 Å². The molecule has 5 N–H and O–H groups in total. The molecule has 0 bridgehead atoms. The Balaban J connectivity index is 1.71. The van der Waals surface area contributed by atoms with Gasteiger partial charge in [-0.05, 0) is 44.7 Å². The number of fused-ring (bicyclic) bond motifs is 1. The number of likely N-dealkylation sites (tertiary alicyclic amines) is 1. The quantitative estimate of drug-likeness (QED) is 0.441. The number of urea groups is 1. The first-order chi connectivity index (χ1) is 14.8. The Morgan fingerprint density at radius 3 is 2.77 bits per heavy atom. The molecule has 1 unspecified atom stereocenters. The SMILES string of the molecule is Cc1[nH]c2c(C(N)=O)cc(F)c(N3CCCC4(CCN4C(=O)NC=NC=N)C3)c2c1C. The summed E-state index contributed by atoms with van der Waals surface area (Å²) in [5.41, 5.74) is 7.96. The number of amides is 3. The molecule has 0 saturated carbocycles. The summed E-state index contributed by atoms with van der Waals surface area (Å²) >= 11 is 0. The topological polar surface area (TPSA) is 131 Å². The van der Waals surface area contributed by atoms with Crippen molar-refractivity contribution in [3.05, 3.63) is 28.7 Å². The van der Waals surface area contributed by atoms with E-state index in [0.29, 0.717) is 36.2 Å². The molecule has 164 valence electrons. The van der Waals surface area contributed by atoms with Gasteiger partial charge in [0.2, 0.25) is 0 Å². The van der Waals surface area contributed by atoms with Gasteiger partial charge in [-0.15, -0.1) is 0 Å². The van der Waals surface area contributed by atoms with Crippen molar-refractivity contribution in [1.29, 1.82) is 5.41 Å². The van der Waals surface area contributed by atoms with Crippen LogP contribution in [0.1, 0.15) is 40.9 Å². The average molecular weight is 427 g/mol. The van der Waals surface area contributed by atoms with Crippen LogP contribution in [-0.4, -0.2) is 59.7 Å². The number of carbonyl (C=O) groups is 2. The molecule has 2 aliphatic rings. The van der Waals surface area contributed by atoms with Crippen LogP contribution in [0.4, 0.5) is 14.9 Å². The number of nitrogens with two attached hydrogens (primary N) is 1. The van der Waals surface area contributed by atoms with Gasteiger partial charge in [0.1, 0.15) is 12.2 Å². The van der Waals surface area contributed by atoms with E-state index >= 15 is 4.39 Å². The van der Waals surface area contributed by atoms with Gasteiger partial charge in [0.05, 0.1) is 28.6 Å². The molecule has 31 heavy (non-hydrogen) atoms. The van der Waals surface area contributed by atoms with Crippen LogP contribution in [0.15, 0.2) is 11.1 Å². The van der Waals surface area contributed by atoms with Gasteiger partial charge in [0.15, 0.2) is 0 Å². The number of hydrogen-bond donors (Lipinski definition) is 4. The monoisotopic (exact) mass is 427 g/mol. The Labute approximate surface area is 179 Å². The Morgan fingerprint density at radius 1 is 1.35 bits per heavy atom. The van der Waals surface area contributed by atoms with E-state index in [2.05, 4.69) is 15.3 Å². The minimum Gasteiger partial charge on any atom is -0.366 e. The third-order valence-electron chi connectivity index (χ3n) is 6.60. The van der Waals surface area contributed by atoms with Crippen LogP contribution in [0.5, 0.6) is 0 Å². The number of piperidine rings is 1. The van der Waals surface area contributed by atoms with Crippen molar-refractivity contribution in [2.24, 2.45) is 10.7 Å². The lowest BCUT2D eigenvalue weighted by atomic mass is 9.77. The number of halogens is 1. The summed E-state index contributed by atoms with van der Waals surface area (Å²) in [5.74, 6) is -1.17. The number of aliphatic imine (C=N–C) groups is 1. The Kier molecular flexibility index (Phi) is 5.16. The molecule has 0 aliphatic carbocycles. The molecular formula is C21H26FN7O2. The number of aromatic nitrogens is 1. The third kappa shape index (κ3) is 3.31. The smallest absolute Gasteiger partial charge is 0.323 e. The number of anilines is 1. The molecule has 2 fully saturated rings. The normalized spacial score (nSPS) is 21.0. The molecule has 0 radical (unpaired) electrons. The minimum absolute atomic E-state index is 0.134. The zero-order valence-electron chi connectivity index (χ0n) is 17.6. The first kappa shape index (κ1) is 20.8. The number of benzene rings is 1. The summed E-state index contributed by atoms with van der Waals surface area (Å²) in [7, 11) is 0. The van der Waals surface area contributed by atoms with E-state index < -0.39 is 11.7 Å². The number of H-pyrrole nitrogens is 1. The predicted molar refractivity (Wildman–Crippen MR) is 118 cm³/mol. The van der Waals surface area contributed by atoms with E-state index in [1.165, 1.54) is 12.4 Å². The van der Waals surface area contributed by atoms with Gasteiger partial charge in [-0.1, -0.05) is 0 Å². The van der Waals surface area contributed by atoms with Crippen LogP contribution in [-0.2, 0) is 0 Å². The number of rotatable bonds is 4. The number of aromatic amines is 1. The second-order valence-electron chi connectivity index (χ2n) is 8.25. The molecule has 10 heteroatoms. The summed E-state index contributed by atoms with van der Waals surface area (Å²) in [6.45, 7) is 5.53. The lowest BCUT2D eigenvalue weighted by molar-refractivity contribution is 0.0145. The van der Waals surface area contributed by atoms with Crippen molar-refractivity contribution in [3.8, 4) is 0 Å². The highest BCUT2D eigenvalue weighted by molar-refractivity contribution is 6.10. The fraction of sp³-hybridized carbons (Fsp3) is 0.429. The number of carbonyl (C=O) groups excluding carboxylic acids is 2. The Hall–Kier alpha value is -3.43. The largest absolute Gasteiger partial charge is 0.366 e. The zero-order chi connectivity index (χ0) is 22.3. The maximum absolute atomic E-state index is 15.4. The molecule has 1 aromatic carbocycles. The van der Waals surface area contributed by atoms with Crippen molar-refractivity contribution in [2.45, 2.75) is 38.6 Å². The zero-order valence-corrected chi connectivity index (χ0v) is 17.6. The van der Waals surface area contributed by atoms with Gasteiger partial charge >= 0.3 is 6.03 Å². The highest BCUT2D eigenvalue weighted by Gasteiger charge is 2.50. The summed E-state index contributed by atoms with van der Waals surface area (Å²) < 4.78 is 15.4. The number of aryl methyl sites for hydroxylation is 2. The molecule has 3 amide bonds. The Bertz CT molecular complexity index is 1110. The second-order valence-corrected chi connectivity index (χ2v) is 8.25. The average Bonchev–Trinajstić information content (AvgIpc) is 3.01. The van der Waals surface area contributed by atoms with Gasteiger partial charge in [-0.2, -0.15) is 0 Å². The highest BCUT2D eigenvalue weighted by atomic mass is 19.1.